The molecule has 0 saturated heterocycles. The van der Waals surface area contributed by atoms with Gasteiger partial charge in [0.15, 0.2) is 0 Å². The number of fused-ring (bicyclic) bond motifs is 1. The van der Waals surface area contributed by atoms with E-state index < -0.39 is 0 Å². The maximum Gasteiger partial charge on any atom is 2.00 e. The van der Waals surface area contributed by atoms with Crippen molar-refractivity contribution in [3.63, 3.8) is 0 Å². The number of halogens is 1. The Bertz CT molecular complexity index is 607. The minimum Gasteiger partial charge on any atom is -0.608 e. The van der Waals surface area contributed by atoms with E-state index in [0.29, 0.717) is 5.89 Å². The SMILES string of the molecule is Brc1ccc2ncc(-c3nn[c-]o3)n2c1.[W+2]. The number of imidazole rings is 1. The molecule has 3 heterocycles. The molecular weight excluding hydrogens is 444 g/mol. The molecule has 0 atom stereocenters. The van der Waals surface area contributed by atoms with Gasteiger partial charge in [-0.2, -0.15) is 0 Å². The average molecular weight is 448 g/mol. The molecule has 0 aliphatic rings. The molecule has 0 saturated carbocycles. The quantitative estimate of drug-likeness (QED) is 0.535. The number of nitrogens with zero attached hydrogens (tertiary/aromatic N) is 4. The summed E-state index contributed by atoms with van der Waals surface area (Å²) in [6.45, 7) is 0. The molecule has 0 aliphatic heterocycles. The largest absolute Gasteiger partial charge is 2.00 e. The molecule has 7 heteroatoms. The molecule has 3 aromatic rings. The van der Waals surface area contributed by atoms with E-state index in [9.17, 15) is 0 Å². The second-order valence-electron chi connectivity index (χ2n) is 2.92. The number of hydrogen-bond acceptors (Lipinski definition) is 4. The van der Waals surface area contributed by atoms with Crippen molar-refractivity contribution in [3.8, 4) is 11.6 Å². The van der Waals surface area contributed by atoms with Gasteiger partial charge in [-0.15, -0.1) is 0 Å². The third kappa shape index (κ3) is 1.83. The zero-order valence-electron chi connectivity index (χ0n) is 7.79. The Morgan fingerprint density at radius 2 is 2.25 bits per heavy atom. The normalized spacial score (nSPS) is 10.3. The Hall–Kier alpha value is -1.00. The van der Waals surface area contributed by atoms with Crippen LogP contribution in [0.5, 0.6) is 0 Å². The monoisotopic (exact) mass is 447 g/mol. The van der Waals surface area contributed by atoms with Crippen molar-refractivity contribution in [2.45, 2.75) is 0 Å². The van der Waals surface area contributed by atoms with Crippen LogP contribution in [0.3, 0.4) is 0 Å². The molecule has 0 bridgehead atoms. The predicted octanol–water partition coefficient (Wildman–Crippen LogP) is 1.94. The fraction of sp³-hybridized carbons (Fsp3) is 0. The maximum atomic E-state index is 5.00. The molecule has 5 nitrogen and oxygen atoms in total. The molecule has 3 rings (SSSR count). The molecule has 16 heavy (non-hydrogen) atoms. The van der Waals surface area contributed by atoms with Gasteiger partial charge in [-0.05, 0) is 28.1 Å². The summed E-state index contributed by atoms with van der Waals surface area (Å²) >= 11 is 3.39. The van der Waals surface area contributed by atoms with Crippen molar-refractivity contribution in [1.82, 2.24) is 19.6 Å². The van der Waals surface area contributed by atoms with Crippen LogP contribution in [-0.4, -0.2) is 19.6 Å². The second kappa shape index (κ2) is 4.47. The van der Waals surface area contributed by atoms with Gasteiger partial charge in [0.2, 0.25) is 0 Å². The summed E-state index contributed by atoms with van der Waals surface area (Å²) in [6.07, 6.45) is 5.88. The minimum atomic E-state index is 0. The van der Waals surface area contributed by atoms with E-state index in [2.05, 4.69) is 37.5 Å². The molecule has 0 aliphatic carbocycles. The van der Waals surface area contributed by atoms with Gasteiger partial charge in [-0.3, -0.25) is 0 Å². The van der Waals surface area contributed by atoms with Crippen LogP contribution in [0.1, 0.15) is 0 Å². The zero-order chi connectivity index (χ0) is 10.3. The van der Waals surface area contributed by atoms with Gasteiger partial charge in [-0.1, -0.05) is 0 Å². The van der Waals surface area contributed by atoms with Crippen LogP contribution < -0.4 is 0 Å². The Labute approximate surface area is 113 Å². The number of rotatable bonds is 1. The summed E-state index contributed by atoms with van der Waals surface area (Å²) in [5.41, 5.74) is 1.58. The first-order valence-corrected chi connectivity index (χ1v) is 4.96. The molecular formula is C9H4BrN4OW+. The van der Waals surface area contributed by atoms with E-state index in [4.69, 9.17) is 4.42 Å². The van der Waals surface area contributed by atoms with Crippen molar-refractivity contribution in [2.24, 2.45) is 0 Å². The standard InChI is InChI=1S/C9H4BrN4O.W/c10-6-1-2-8-11-3-7(14(8)4-6)9-13-12-5-15-9;/h1-4H;/q-1;+2. The molecule has 0 amide bonds. The summed E-state index contributed by atoms with van der Waals surface area (Å²) in [5.74, 6) is 0.403. The minimum absolute atomic E-state index is 0. The van der Waals surface area contributed by atoms with Crippen LogP contribution in [0.25, 0.3) is 17.2 Å². The van der Waals surface area contributed by atoms with Gasteiger partial charge in [-0.25, -0.2) is 15.2 Å². The smallest absolute Gasteiger partial charge is 0.608 e. The number of pyridine rings is 1. The van der Waals surface area contributed by atoms with Crippen molar-refractivity contribution < 1.29 is 25.5 Å². The number of hydrogen-bond donors (Lipinski definition) is 0. The topological polar surface area (TPSA) is 56.2 Å². The maximum absolute atomic E-state index is 5.00. The first kappa shape index (κ1) is 11.5. The molecule has 78 valence electrons. The van der Waals surface area contributed by atoms with Gasteiger partial charge in [0, 0.05) is 22.6 Å². The van der Waals surface area contributed by atoms with Gasteiger partial charge < -0.3 is 8.82 Å². The van der Waals surface area contributed by atoms with Crippen LogP contribution in [-0.2, 0) is 21.1 Å². The van der Waals surface area contributed by atoms with Gasteiger partial charge in [0.05, 0.1) is 6.39 Å². The number of aromatic nitrogens is 4. The van der Waals surface area contributed by atoms with E-state index >= 15 is 0 Å². The molecule has 0 aromatic carbocycles. The summed E-state index contributed by atoms with van der Waals surface area (Å²) in [6, 6.07) is 3.82. The van der Waals surface area contributed by atoms with E-state index in [1.807, 2.05) is 22.7 Å². The summed E-state index contributed by atoms with van der Waals surface area (Å²) in [7, 11) is 0. The van der Waals surface area contributed by atoms with E-state index in [-0.39, 0.29) is 21.1 Å². The van der Waals surface area contributed by atoms with Crippen LogP contribution in [0.2, 0.25) is 0 Å². The average Bonchev–Trinajstić information content (AvgIpc) is 2.83. The van der Waals surface area contributed by atoms with E-state index in [1.165, 1.54) is 0 Å². The summed E-state index contributed by atoms with van der Waals surface area (Å²) in [5, 5.41) is 7.30. The Morgan fingerprint density at radius 3 is 3.00 bits per heavy atom. The zero-order valence-corrected chi connectivity index (χ0v) is 12.3. The van der Waals surface area contributed by atoms with Crippen molar-refractivity contribution in [3.05, 3.63) is 35.4 Å². The third-order valence-corrected chi connectivity index (χ3v) is 2.48. The third-order valence-electron chi connectivity index (χ3n) is 2.01. The predicted molar refractivity (Wildman–Crippen MR) is 55.0 cm³/mol. The molecule has 0 spiro atoms. The van der Waals surface area contributed by atoms with Crippen molar-refractivity contribution in [1.29, 1.82) is 0 Å². The van der Waals surface area contributed by atoms with Crippen molar-refractivity contribution >= 4 is 21.6 Å². The molecule has 3 aromatic heterocycles. The summed E-state index contributed by atoms with van der Waals surface area (Å²) in [4.78, 5) is 4.22. The fourth-order valence-electron chi connectivity index (χ4n) is 1.37. The van der Waals surface area contributed by atoms with Crippen LogP contribution in [0.4, 0.5) is 0 Å². The van der Waals surface area contributed by atoms with Crippen molar-refractivity contribution in [2.75, 3.05) is 0 Å². The summed E-state index contributed by atoms with van der Waals surface area (Å²) < 4.78 is 7.83. The Morgan fingerprint density at radius 1 is 1.38 bits per heavy atom. The molecule has 0 fully saturated rings. The Balaban J connectivity index is 0.000000963. The molecule has 0 radical (unpaired) electrons. The molecule has 0 N–H and O–H groups in total. The van der Waals surface area contributed by atoms with E-state index in [1.54, 1.807) is 6.20 Å². The molecule has 0 unspecified atom stereocenters. The first-order chi connectivity index (χ1) is 7.34. The Kier molecular flexibility index (Phi) is 3.21. The van der Waals surface area contributed by atoms with Gasteiger partial charge in [0.1, 0.15) is 11.5 Å². The first-order valence-electron chi connectivity index (χ1n) is 4.17. The van der Waals surface area contributed by atoms with Crippen LogP contribution >= 0.6 is 15.9 Å². The van der Waals surface area contributed by atoms with Gasteiger partial charge in [0.25, 0.3) is 0 Å². The second-order valence-corrected chi connectivity index (χ2v) is 3.83. The van der Waals surface area contributed by atoms with Crippen LogP contribution in [0.15, 0.2) is 33.4 Å². The fourth-order valence-corrected chi connectivity index (χ4v) is 1.70. The van der Waals surface area contributed by atoms with E-state index in [0.717, 1.165) is 15.8 Å². The van der Waals surface area contributed by atoms with Gasteiger partial charge >= 0.3 is 21.1 Å². The van der Waals surface area contributed by atoms with Crippen LogP contribution in [0, 0.1) is 6.39 Å².